The number of rotatable bonds is 5. The summed E-state index contributed by atoms with van der Waals surface area (Å²) < 4.78 is 18.2. The smallest absolute Gasteiger partial charge is 0.226 e. The topological polar surface area (TPSA) is 55.6 Å². The zero-order chi connectivity index (χ0) is 15.2. The summed E-state index contributed by atoms with van der Waals surface area (Å²) in [5.74, 6) is 0.359. The Morgan fingerprint density at radius 3 is 2.73 bits per heavy atom. The van der Waals surface area contributed by atoms with Gasteiger partial charge in [-0.1, -0.05) is 0 Å². The number of carbonyl (C=O) groups excluding carboxylic acids is 1. The van der Waals surface area contributed by atoms with Gasteiger partial charge in [0.05, 0.1) is 13.0 Å². The highest BCUT2D eigenvalue weighted by Gasteiger charge is 2.28. The standard InChI is InChI=1S/C16H23FN2O2.ClH/c1-12(18)15-4-2-3-10-19(15)16(20)9-11-21-14-7-5-13(17)6-8-14;/h5-8,12,15H,2-4,9-11,18H2,1H3;1H. The Labute approximate surface area is 137 Å². The molecule has 2 atom stereocenters. The van der Waals surface area contributed by atoms with E-state index in [9.17, 15) is 9.18 Å². The van der Waals surface area contributed by atoms with E-state index in [1.54, 1.807) is 12.1 Å². The average Bonchev–Trinajstić information content (AvgIpc) is 2.49. The fourth-order valence-corrected chi connectivity index (χ4v) is 2.74. The van der Waals surface area contributed by atoms with Gasteiger partial charge < -0.3 is 15.4 Å². The van der Waals surface area contributed by atoms with Crippen LogP contribution in [0.15, 0.2) is 24.3 Å². The minimum atomic E-state index is -0.300. The Hall–Kier alpha value is -1.33. The predicted molar refractivity (Wildman–Crippen MR) is 86.8 cm³/mol. The Kier molecular flexibility index (Phi) is 7.62. The van der Waals surface area contributed by atoms with Crippen LogP contribution in [0.3, 0.4) is 0 Å². The average molecular weight is 331 g/mol. The molecule has 22 heavy (non-hydrogen) atoms. The Morgan fingerprint density at radius 1 is 1.41 bits per heavy atom. The van der Waals surface area contributed by atoms with Crippen LogP contribution in [-0.4, -0.2) is 36.0 Å². The van der Waals surface area contributed by atoms with E-state index in [-0.39, 0.29) is 36.2 Å². The van der Waals surface area contributed by atoms with Crippen molar-refractivity contribution in [1.29, 1.82) is 0 Å². The number of ether oxygens (including phenoxy) is 1. The second kappa shape index (κ2) is 8.96. The van der Waals surface area contributed by atoms with Gasteiger partial charge in [0.25, 0.3) is 0 Å². The number of hydrogen-bond donors (Lipinski definition) is 1. The molecule has 1 aliphatic rings. The molecule has 0 bridgehead atoms. The van der Waals surface area contributed by atoms with E-state index in [4.69, 9.17) is 10.5 Å². The van der Waals surface area contributed by atoms with E-state index >= 15 is 0 Å². The second-order valence-electron chi connectivity index (χ2n) is 5.56. The van der Waals surface area contributed by atoms with E-state index in [1.165, 1.54) is 12.1 Å². The normalized spacial score (nSPS) is 19.2. The van der Waals surface area contributed by atoms with Crippen LogP contribution in [0, 0.1) is 5.82 Å². The van der Waals surface area contributed by atoms with Crippen molar-refractivity contribution >= 4 is 18.3 Å². The van der Waals surface area contributed by atoms with Gasteiger partial charge in [-0.2, -0.15) is 0 Å². The first-order valence-corrected chi connectivity index (χ1v) is 7.51. The van der Waals surface area contributed by atoms with Gasteiger partial charge in [-0.25, -0.2) is 4.39 Å². The monoisotopic (exact) mass is 330 g/mol. The third kappa shape index (κ3) is 5.14. The van der Waals surface area contributed by atoms with E-state index in [1.807, 2.05) is 11.8 Å². The van der Waals surface area contributed by atoms with E-state index in [2.05, 4.69) is 0 Å². The first-order chi connectivity index (χ1) is 10.1. The number of piperidine rings is 1. The van der Waals surface area contributed by atoms with E-state index in [0.29, 0.717) is 18.8 Å². The van der Waals surface area contributed by atoms with Crippen LogP contribution < -0.4 is 10.5 Å². The first kappa shape index (κ1) is 18.7. The molecular weight excluding hydrogens is 307 g/mol. The zero-order valence-corrected chi connectivity index (χ0v) is 13.7. The van der Waals surface area contributed by atoms with Crippen LogP contribution in [0.2, 0.25) is 0 Å². The van der Waals surface area contributed by atoms with Crippen molar-refractivity contribution in [3.05, 3.63) is 30.1 Å². The number of benzene rings is 1. The minimum Gasteiger partial charge on any atom is -0.493 e. The number of nitrogens with zero attached hydrogens (tertiary/aromatic N) is 1. The number of nitrogens with two attached hydrogens (primary N) is 1. The van der Waals surface area contributed by atoms with Crippen LogP contribution in [0.25, 0.3) is 0 Å². The lowest BCUT2D eigenvalue weighted by molar-refractivity contribution is -0.135. The zero-order valence-electron chi connectivity index (χ0n) is 12.8. The third-order valence-corrected chi connectivity index (χ3v) is 3.87. The molecule has 6 heteroatoms. The van der Waals surface area contributed by atoms with Gasteiger partial charge >= 0.3 is 0 Å². The Morgan fingerprint density at radius 2 is 2.09 bits per heavy atom. The highest BCUT2D eigenvalue weighted by molar-refractivity contribution is 5.85. The number of hydrogen-bond acceptors (Lipinski definition) is 3. The van der Waals surface area contributed by atoms with Crippen molar-refractivity contribution in [2.24, 2.45) is 5.73 Å². The summed E-state index contributed by atoms with van der Waals surface area (Å²) in [7, 11) is 0. The molecule has 2 N–H and O–H groups in total. The van der Waals surface area contributed by atoms with Crippen LogP contribution in [0.5, 0.6) is 5.75 Å². The van der Waals surface area contributed by atoms with Crippen molar-refractivity contribution in [3.8, 4) is 5.75 Å². The molecule has 1 aliphatic heterocycles. The molecule has 124 valence electrons. The molecule has 1 fully saturated rings. The highest BCUT2D eigenvalue weighted by Crippen LogP contribution is 2.20. The maximum absolute atomic E-state index is 12.8. The fourth-order valence-electron chi connectivity index (χ4n) is 2.74. The number of carbonyl (C=O) groups is 1. The Balaban J connectivity index is 0.00000242. The highest BCUT2D eigenvalue weighted by atomic mass is 35.5. The van der Waals surface area contributed by atoms with Crippen molar-refractivity contribution in [3.63, 3.8) is 0 Å². The van der Waals surface area contributed by atoms with Gasteiger partial charge in [0, 0.05) is 18.6 Å². The van der Waals surface area contributed by atoms with E-state index < -0.39 is 0 Å². The number of amides is 1. The van der Waals surface area contributed by atoms with Gasteiger partial charge in [-0.15, -0.1) is 12.4 Å². The van der Waals surface area contributed by atoms with Crippen molar-refractivity contribution < 1.29 is 13.9 Å². The van der Waals surface area contributed by atoms with Crippen LogP contribution in [0.1, 0.15) is 32.6 Å². The second-order valence-corrected chi connectivity index (χ2v) is 5.56. The molecule has 4 nitrogen and oxygen atoms in total. The molecule has 0 saturated carbocycles. The number of likely N-dealkylation sites (tertiary alicyclic amines) is 1. The third-order valence-electron chi connectivity index (χ3n) is 3.87. The molecule has 0 aliphatic carbocycles. The summed E-state index contributed by atoms with van der Waals surface area (Å²) in [5, 5.41) is 0. The number of halogens is 2. The molecule has 2 rings (SSSR count). The fraction of sp³-hybridized carbons (Fsp3) is 0.562. The first-order valence-electron chi connectivity index (χ1n) is 7.51. The summed E-state index contributed by atoms with van der Waals surface area (Å²) in [6, 6.07) is 5.93. The molecule has 1 amide bonds. The SMILES string of the molecule is CC(N)C1CCCCN1C(=O)CCOc1ccc(F)cc1.Cl. The van der Waals surface area contributed by atoms with Crippen molar-refractivity contribution in [2.45, 2.75) is 44.7 Å². The molecule has 1 saturated heterocycles. The van der Waals surface area contributed by atoms with Crippen molar-refractivity contribution in [2.75, 3.05) is 13.2 Å². The molecule has 0 aromatic heterocycles. The Bertz CT molecular complexity index is 468. The largest absolute Gasteiger partial charge is 0.493 e. The maximum Gasteiger partial charge on any atom is 0.226 e. The summed E-state index contributed by atoms with van der Waals surface area (Å²) in [5.41, 5.74) is 5.97. The maximum atomic E-state index is 12.8. The minimum absolute atomic E-state index is 0. The predicted octanol–water partition coefficient (Wildman–Crippen LogP) is 2.74. The summed E-state index contributed by atoms with van der Waals surface area (Å²) >= 11 is 0. The van der Waals surface area contributed by atoms with Gasteiger partial charge in [0.15, 0.2) is 0 Å². The molecule has 1 heterocycles. The lowest BCUT2D eigenvalue weighted by atomic mass is 9.96. The molecule has 1 aromatic carbocycles. The lowest BCUT2D eigenvalue weighted by Gasteiger charge is -2.38. The summed E-state index contributed by atoms with van der Waals surface area (Å²) in [4.78, 5) is 14.2. The van der Waals surface area contributed by atoms with Gasteiger partial charge in [0.2, 0.25) is 5.91 Å². The summed E-state index contributed by atoms with van der Waals surface area (Å²) in [6.45, 7) is 3.03. The van der Waals surface area contributed by atoms with Gasteiger partial charge in [-0.05, 0) is 50.5 Å². The molecule has 0 spiro atoms. The van der Waals surface area contributed by atoms with Crippen LogP contribution >= 0.6 is 12.4 Å². The lowest BCUT2D eigenvalue weighted by Crippen LogP contribution is -2.51. The quantitative estimate of drug-likeness (QED) is 0.903. The molecule has 2 unspecified atom stereocenters. The van der Waals surface area contributed by atoms with E-state index in [0.717, 1.165) is 25.8 Å². The van der Waals surface area contributed by atoms with Gasteiger partial charge in [0.1, 0.15) is 11.6 Å². The summed E-state index contributed by atoms with van der Waals surface area (Å²) in [6.07, 6.45) is 3.46. The van der Waals surface area contributed by atoms with Crippen LogP contribution in [-0.2, 0) is 4.79 Å². The van der Waals surface area contributed by atoms with Gasteiger partial charge in [-0.3, -0.25) is 4.79 Å². The molecule has 1 aromatic rings. The van der Waals surface area contributed by atoms with Crippen LogP contribution in [0.4, 0.5) is 4.39 Å². The van der Waals surface area contributed by atoms with Crippen molar-refractivity contribution in [1.82, 2.24) is 4.90 Å². The molecular formula is C16H24ClFN2O2. The molecule has 0 radical (unpaired) electrons.